The molecule has 1 amide bonds. The van der Waals surface area contributed by atoms with Gasteiger partial charge in [0.1, 0.15) is 12.1 Å². The van der Waals surface area contributed by atoms with Gasteiger partial charge in [-0.2, -0.15) is 4.98 Å². The van der Waals surface area contributed by atoms with Gasteiger partial charge in [0.05, 0.1) is 5.52 Å². The highest BCUT2D eigenvalue weighted by atomic mass is 79.9. The number of nitrogen functional groups attached to an aromatic ring is 1. The predicted molar refractivity (Wildman–Crippen MR) is 131 cm³/mol. The Hall–Kier alpha value is -3.78. The summed E-state index contributed by atoms with van der Waals surface area (Å²) >= 11 is 3.47. The summed E-state index contributed by atoms with van der Waals surface area (Å²) in [7, 11) is 0. The van der Waals surface area contributed by atoms with Crippen LogP contribution in [0.15, 0.2) is 71.2 Å². The number of hydrogen-bond donors (Lipinski definition) is 3. The van der Waals surface area contributed by atoms with Gasteiger partial charge >= 0.3 is 0 Å². The van der Waals surface area contributed by atoms with Crippen LogP contribution in [0.4, 0.5) is 23.1 Å². The van der Waals surface area contributed by atoms with E-state index in [4.69, 9.17) is 5.73 Å². The summed E-state index contributed by atoms with van der Waals surface area (Å²) in [5, 5.41) is 7.00. The molecule has 0 unspecified atom stereocenters. The molecule has 0 saturated heterocycles. The molecule has 1 heterocycles. The van der Waals surface area contributed by atoms with Crippen LogP contribution in [0.25, 0.3) is 22.0 Å². The number of nitrogens with two attached hydrogens (primary N) is 1. The zero-order chi connectivity index (χ0) is 22.5. The summed E-state index contributed by atoms with van der Waals surface area (Å²) in [6, 6.07) is 21.0. The molecule has 8 heteroatoms. The lowest BCUT2D eigenvalue weighted by molar-refractivity contribution is -0.118. The molecular formula is C24H20BrN5O2. The van der Waals surface area contributed by atoms with E-state index in [0.717, 1.165) is 33.0 Å². The zero-order valence-electron chi connectivity index (χ0n) is 17.0. The number of carbonyl (C=O) groups excluding carboxylic acids is 2. The van der Waals surface area contributed by atoms with Gasteiger partial charge in [0.25, 0.3) is 0 Å². The molecule has 0 aliphatic rings. The summed E-state index contributed by atoms with van der Waals surface area (Å²) in [4.78, 5) is 31.5. The summed E-state index contributed by atoms with van der Waals surface area (Å²) in [6.07, 6.45) is 1.07. The van der Waals surface area contributed by atoms with Crippen LogP contribution in [0.5, 0.6) is 0 Å². The van der Waals surface area contributed by atoms with Crippen LogP contribution in [0, 0.1) is 0 Å². The Morgan fingerprint density at radius 2 is 1.88 bits per heavy atom. The van der Waals surface area contributed by atoms with Crippen LogP contribution in [0.2, 0.25) is 0 Å². The molecule has 0 aliphatic heterocycles. The van der Waals surface area contributed by atoms with Gasteiger partial charge < -0.3 is 21.2 Å². The average Bonchev–Trinajstić information content (AvgIpc) is 2.78. The molecule has 1 aromatic heterocycles. The molecule has 7 nitrogen and oxygen atoms in total. The summed E-state index contributed by atoms with van der Waals surface area (Å²) in [5.74, 6) is 0.545. The van der Waals surface area contributed by atoms with Crippen LogP contribution in [0.3, 0.4) is 0 Å². The second-order valence-corrected chi connectivity index (χ2v) is 8.01. The zero-order valence-corrected chi connectivity index (χ0v) is 18.6. The van der Waals surface area contributed by atoms with E-state index in [1.165, 1.54) is 0 Å². The number of nitrogens with one attached hydrogen (secondary N) is 2. The second kappa shape index (κ2) is 9.57. The number of para-hydroxylation sites is 1. The number of hydrogen-bond acceptors (Lipinski definition) is 6. The Balaban J connectivity index is 1.75. The Labute approximate surface area is 193 Å². The highest BCUT2D eigenvalue weighted by Gasteiger charge is 2.12. The number of halogens is 1. The molecule has 160 valence electrons. The second-order valence-electron chi connectivity index (χ2n) is 7.10. The summed E-state index contributed by atoms with van der Waals surface area (Å²) in [5.41, 5.74) is 9.88. The molecule has 0 bridgehead atoms. The predicted octanol–water partition coefficient (Wildman–Crippen LogP) is 5.30. The van der Waals surface area contributed by atoms with Crippen molar-refractivity contribution in [3.63, 3.8) is 0 Å². The lowest BCUT2D eigenvalue weighted by Gasteiger charge is -2.14. The minimum atomic E-state index is -0.210. The quantitative estimate of drug-likeness (QED) is 0.303. The highest BCUT2D eigenvalue weighted by Crippen LogP contribution is 2.33. The smallest absolute Gasteiger partial charge is 0.224 e. The van der Waals surface area contributed by atoms with E-state index < -0.39 is 0 Å². The molecule has 0 aliphatic carbocycles. The minimum Gasteiger partial charge on any atom is -0.368 e. The average molecular weight is 490 g/mol. The molecular weight excluding hydrogens is 470 g/mol. The van der Waals surface area contributed by atoms with Crippen LogP contribution in [-0.2, 0) is 9.59 Å². The van der Waals surface area contributed by atoms with Crippen LogP contribution >= 0.6 is 15.9 Å². The molecule has 0 spiro atoms. The first-order chi connectivity index (χ1) is 15.5. The van der Waals surface area contributed by atoms with Crippen molar-refractivity contribution < 1.29 is 9.59 Å². The lowest BCUT2D eigenvalue weighted by atomic mass is 10.0. The Morgan fingerprint density at radius 3 is 2.69 bits per heavy atom. The number of fused-ring (bicyclic) bond motifs is 1. The number of nitrogens with zero attached hydrogens (tertiary/aromatic N) is 2. The minimum absolute atomic E-state index is 0.142. The monoisotopic (exact) mass is 489 g/mol. The van der Waals surface area contributed by atoms with Crippen molar-refractivity contribution in [2.24, 2.45) is 0 Å². The largest absolute Gasteiger partial charge is 0.368 e. The molecule has 3 aromatic carbocycles. The number of amides is 1. The van der Waals surface area contributed by atoms with Gasteiger partial charge in [0.15, 0.2) is 0 Å². The lowest BCUT2D eigenvalue weighted by Crippen LogP contribution is -2.12. The number of rotatable bonds is 7. The van der Waals surface area contributed by atoms with Crippen LogP contribution in [-0.4, -0.2) is 22.2 Å². The number of carbonyl (C=O) groups is 2. The maximum Gasteiger partial charge on any atom is 0.224 e. The van der Waals surface area contributed by atoms with Gasteiger partial charge in [-0.3, -0.25) is 4.79 Å². The highest BCUT2D eigenvalue weighted by molar-refractivity contribution is 9.10. The van der Waals surface area contributed by atoms with Crippen LogP contribution in [0.1, 0.15) is 12.8 Å². The first-order valence-electron chi connectivity index (χ1n) is 9.96. The first-order valence-corrected chi connectivity index (χ1v) is 10.8. The normalized spacial score (nSPS) is 10.7. The van der Waals surface area contributed by atoms with Crippen LogP contribution < -0.4 is 16.4 Å². The molecule has 0 fully saturated rings. The van der Waals surface area contributed by atoms with E-state index in [9.17, 15) is 9.59 Å². The maximum atomic E-state index is 12.2. The number of benzene rings is 3. The molecule has 32 heavy (non-hydrogen) atoms. The van der Waals surface area contributed by atoms with Gasteiger partial charge in [0, 0.05) is 39.6 Å². The third-order valence-corrected chi connectivity index (χ3v) is 5.30. The van der Waals surface area contributed by atoms with E-state index in [1.807, 2.05) is 66.7 Å². The fourth-order valence-corrected chi connectivity index (χ4v) is 3.76. The van der Waals surface area contributed by atoms with E-state index >= 15 is 0 Å². The SMILES string of the molecule is Nc1nc(Nc2cccc(Br)c2)c2cc(-c3ccccc3NC(=O)CCC=O)ccc2n1. The van der Waals surface area contributed by atoms with Gasteiger partial charge in [-0.15, -0.1) is 0 Å². The molecule has 4 aromatic rings. The standard InChI is InChI=1S/C24H20BrN5O2/c25-16-5-3-6-17(14-16)27-23-19-13-15(10-11-21(19)29-24(26)30-23)18-7-1-2-8-20(18)28-22(32)9-4-12-31/h1-3,5-8,10-14H,4,9H2,(H,28,32)(H3,26,27,29,30). The third-order valence-electron chi connectivity index (χ3n) is 4.80. The maximum absolute atomic E-state index is 12.2. The van der Waals surface area contributed by atoms with E-state index in [0.29, 0.717) is 17.0 Å². The molecule has 4 rings (SSSR count). The van der Waals surface area contributed by atoms with Gasteiger partial charge in [-0.05, 0) is 42.0 Å². The van der Waals surface area contributed by atoms with E-state index in [2.05, 4.69) is 36.5 Å². The van der Waals surface area contributed by atoms with Crippen molar-refractivity contribution in [2.45, 2.75) is 12.8 Å². The topological polar surface area (TPSA) is 110 Å². The Bertz CT molecular complexity index is 1310. The Morgan fingerprint density at radius 1 is 1.03 bits per heavy atom. The molecule has 0 radical (unpaired) electrons. The van der Waals surface area contributed by atoms with Crippen molar-refractivity contribution in [1.29, 1.82) is 0 Å². The van der Waals surface area contributed by atoms with Crippen molar-refractivity contribution in [1.82, 2.24) is 9.97 Å². The van der Waals surface area contributed by atoms with Gasteiger partial charge in [-0.25, -0.2) is 4.98 Å². The number of aromatic nitrogens is 2. The van der Waals surface area contributed by atoms with Crippen molar-refractivity contribution in [3.05, 3.63) is 71.2 Å². The Kier molecular flexibility index (Phi) is 6.42. The fourth-order valence-electron chi connectivity index (χ4n) is 3.36. The summed E-state index contributed by atoms with van der Waals surface area (Å²) < 4.78 is 0.939. The third kappa shape index (κ3) is 4.92. The van der Waals surface area contributed by atoms with Crippen molar-refractivity contribution in [2.75, 3.05) is 16.4 Å². The molecule has 0 saturated carbocycles. The van der Waals surface area contributed by atoms with Gasteiger partial charge in [0.2, 0.25) is 11.9 Å². The number of anilines is 4. The molecule has 0 atom stereocenters. The van der Waals surface area contributed by atoms with E-state index in [-0.39, 0.29) is 24.7 Å². The van der Waals surface area contributed by atoms with Gasteiger partial charge in [-0.1, -0.05) is 46.3 Å². The first kappa shape index (κ1) is 21.5. The van der Waals surface area contributed by atoms with E-state index in [1.54, 1.807) is 0 Å². The molecule has 4 N–H and O–H groups in total. The number of aldehydes is 1. The van der Waals surface area contributed by atoms with Crippen molar-refractivity contribution in [3.8, 4) is 11.1 Å². The fraction of sp³-hybridized carbons (Fsp3) is 0.0833. The summed E-state index contributed by atoms with van der Waals surface area (Å²) in [6.45, 7) is 0. The van der Waals surface area contributed by atoms with Crippen molar-refractivity contribution >= 4 is 62.2 Å².